The molecule has 0 aliphatic rings. The van der Waals surface area contributed by atoms with Crippen molar-refractivity contribution >= 4 is 28.6 Å². The molecule has 0 bridgehead atoms. The van der Waals surface area contributed by atoms with Gasteiger partial charge in [0.05, 0.1) is 4.90 Å². The van der Waals surface area contributed by atoms with Crippen LogP contribution in [-0.2, 0) is 21.4 Å². The number of carboxylic acids is 1. The van der Waals surface area contributed by atoms with Crippen molar-refractivity contribution in [3.8, 4) is 0 Å². The Kier molecular flexibility index (Phi) is 5.53. The van der Waals surface area contributed by atoms with Gasteiger partial charge in [0, 0.05) is 0 Å². The molecule has 0 aromatic heterocycles. The summed E-state index contributed by atoms with van der Waals surface area (Å²) in [5.41, 5.74) is 5.81. The standard InChI is InChI=1S/C9H10FNO4S.ClH/c10-16(14,15)7-3-1-6(2-4-7)5-8(11)9(12)13;/h1-4,8H,5,11H2,(H,12,13);1H/t8-;/m0./s1. The molecular weight excluding hydrogens is 273 g/mol. The van der Waals surface area contributed by atoms with E-state index in [1.165, 1.54) is 12.1 Å². The summed E-state index contributed by atoms with van der Waals surface area (Å²) >= 11 is 0. The van der Waals surface area contributed by atoms with Crippen LogP contribution in [0.4, 0.5) is 3.89 Å². The number of hydrogen-bond donors (Lipinski definition) is 2. The summed E-state index contributed by atoms with van der Waals surface area (Å²) in [6.07, 6.45) is 0.0575. The van der Waals surface area contributed by atoms with Gasteiger partial charge in [0.15, 0.2) is 0 Å². The zero-order valence-electron chi connectivity index (χ0n) is 8.54. The fourth-order valence-electron chi connectivity index (χ4n) is 1.13. The van der Waals surface area contributed by atoms with Crippen LogP contribution in [0.3, 0.4) is 0 Å². The van der Waals surface area contributed by atoms with Crippen LogP contribution in [-0.4, -0.2) is 25.5 Å². The number of halogens is 2. The van der Waals surface area contributed by atoms with E-state index in [1.807, 2.05) is 0 Å². The van der Waals surface area contributed by atoms with Crippen LogP contribution in [0, 0.1) is 0 Å². The molecule has 17 heavy (non-hydrogen) atoms. The van der Waals surface area contributed by atoms with E-state index in [4.69, 9.17) is 10.8 Å². The van der Waals surface area contributed by atoms with Crippen LogP contribution < -0.4 is 5.73 Å². The SMILES string of the molecule is Cl.N[C@@H](Cc1ccc(S(=O)(=O)F)cc1)C(=O)O. The van der Waals surface area contributed by atoms with Crippen molar-refractivity contribution in [2.24, 2.45) is 5.73 Å². The lowest BCUT2D eigenvalue weighted by Crippen LogP contribution is -2.32. The third-order valence-electron chi connectivity index (χ3n) is 1.98. The first-order chi connectivity index (χ1) is 7.30. The van der Waals surface area contributed by atoms with Crippen LogP contribution in [0.5, 0.6) is 0 Å². The predicted molar refractivity (Wildman–Crippen MR) is 61.3 cm³/mol. The molecule has 0 heterocycles. The minimum atomic E-state index is -4.71. The highest BCUT2D eigenvalue weighted by Gasteiger charge is 2.14. The summed E-state index contributed by atoms with van der Waals surface area (Å²) in [5.74, 6) is -1.15. The average Bonchev–Trinajstić information content (AvgIpc) is 2.17. The van der Waals surface area contributed by atoms with E-state index >= 15 is 0 Å². The molecule has 0 saturated carbocycles. The number of benzene rings is 1. The predicted octanol–water partition coefficient (Wildman–Crippen LogP) is 0.721. The molecule has 1 atom stereocenters. The molecule has 0 amide bonds. The molecule has 3 N–H and O–H groups in total. The van der Waals surface area contributed by atoms with E-state index in [2.05, 4.69) is 0 Å². The van der Waals surface area contributed by atoms with Crippen LogP contribution >= 0.6 is 12.4 Å². The lowest BCUT2D eigenvalue weighted by atomic mass is 10.1. The Balaban J connectivity index is 0.00000256. The molecular formula is C9H11ClFNO4S. The van der Waals surface area contributed by atoms with Crippen LogP contribution in [0.2, 0.25) is 0 Å². The summed E-state index contributed by atoms with van der Waals surface area (Å²) in [4.78, 5) is 9.99. The van der Waals surface area contributed by atoms with Crippen LogP contribution in [0.1, 0.15) is 5.56 Å². The van der Waals surface area contributed by atoms with Crippen molar-refractivity contribution in [1.82, 2.24) is 0 Å². The highest BCUT2D eigenvalue weighted by atomic mass is 35.5. The Bertz CT molecular complexity index is 488. The van der Waals surface area contributed by atoms with Gasteiger partial charge in [-0.25, -0.2) is 0 Å². The molecule has 8 heteroatoms. The van der Waals surface area contributed by atoms with Gasteiger partial charge in [-0.2, -0.15) is 8.42 Å². The summed E-state index contributed by atoms with van der Waals surface area (Å²) in [7, 11) is -4.71. The minimum Gasteiger partial charge on any atom is -0.480 e. The molecule has 0 fully saturated rings. The topological polar surface area (TPSA) is 97.5 Å². The van der Waals surface area contributed by atoms with E-state index < -0.39 is 27.1 Å². The smallest absolute Gasteiger partial charge is 0.332 e. The van der Waals surface area contributed by atoms with Gasteiger partial charge in [-0.15, -0.1) is 16.3 Å². The second-order valence-corrected chi connectivity index (χ2v) is 4.58. The molecule has 1 aromatic rings. The number of aliphatic carboxylic acids is 1. The zero-order chi connectivity index (χ0) is 12.3. The third-order valence-corrected chi connectivity index (χ3v) is 2.81. The summed E-state index contributed by atoms with van der Waals surface area (Å²) in [6, 6.07) is 3.73. The van der Waals surface area contributed by atoms with E-state index in [0.717, 1.165) is 12.1 Å². The number of hydrogen-bond acceptors (Lipinski definition) is 4. The first kappa shape index (κ1) is 15.8. The summed E-state index contributed by atoms with van der Waals surface area (Å²) in [5, 5.41) is 8.55. The maximum Gasteiger partial charge on any atom is 0.332 e. The maximum atomic E-state index is 12.5. The van der Waals surface area contributed by atoms with Crippen molar-refractivity contribution in [3.05, 3.63) is 29.8 Å². The van der Waals surface area contributed by atoms with E-state index in [9.17, 15) is 17.1 Å². The van der Waals surface area contributed by atoms with Gasteiger partial charge in [0.25, 0.3) is 0 Å². The first-order valence-corrected chi connectivity index (χ1v) is 5.71. The molecule has 0 saturated heterocycles. The monoisotopic (exact) mass is 283 g/mol. The summed E-state index contributed by atoms with van der Waals surface area (Å²) in [6.45, 7) is 0. The molecule has 96 valence electrons. The van der Waals surface area contributed by atoms with Crippen molar-refractivity contribution in [3.63, 3.8) is 0 Å². The van der Waals surface area contributed by atoms with E-state index in [1.54, 1.807) is 0 Å². The normalized spacial score (nSPS) is 12.6. The molecule has 0 spiro atoms. The van der Waals surface area contributed by atoms with Gasteiger partial charge in [-0.3, -0.25) is 4.79 Å². The van der Waals surface area contributed by atoms with Gasteiger partial charge in [0.2, 0.25) is 0 Å². The molecule has 1 aromatic carbocycles. The molecule has 0 aliphatic heterocycles. The summed E-state index contributed by atoms with van der Waals surface area (Å²) < 4.78 is 33.5. The fraction of sp³-hybridized carbons (Fsp3) is 0.222. The lowest BCUT2D eigenvalue weighted by Gasteiger charge is -2.06. The Labute approximate surface area is 104 Å². The maximum absolute atomic E-state index is 12.5. The number of carbonyl (C=O) groups is 1. The van der Waals surface area contributed by atoms with Crippen molar-refractivity contribution in [2.45, 2.75) is 17.4 Å². The minimum absolute atomic E-state index is 0. The van der Waals surface area contributed by atoms with E-state index in [-0.39, 0.29) is 18.8 Å². The molecule has 1 rings (SSSR count). The molecule has 0 aliphatic carbocycles. The Morgan fingerprint density at radius 3 is 2.18 bits per heavy atom. The van der Waals surface area contributed by atoms with Crippen molar-refractivity contribution in [2.75, 3.05) is 0 Å². The largest absolute Gasteiger partial charge is 0.480 e. The fourth-order valence-corrected chi connectivity index (χ4v) is 1.59. The Morgan fingerprint density at radius 1 is 1.35 bits per heavy atom. The third kappa shape index (κ3) is 4.68. The molecule has 0 unspecified atom stereocenters. The van der Waals surface area contributed by atoms with E-state index in [0.29, 0.717) is 5.56 Å². The Hall–Kier alpha value is -1.18. The van der Waals surface area contributed by atoms with Crippen LogP contribution in [0.25, 0.3) is 0 Å². The van der Waals surface area contributed by atoms with Crippen molar-refractivity contribution < 1.29 is 22.2 Å². The van der Waals surface area contributed by atoms with Gasteiger partial charge in [-0.05, 0) is 24.1 Å². The number of carboxylic acid groups (broad SMARTS) is 1. The lowest BCUT2D eigenvalue weighted by molar-refractivity contribution is -0.138. The average molecular weight is 284 g/mol. The van der Waals surface area contributed by atoms with Gasteiger partial charge in [0.1, 0.15) is 6.04 Å². The number of rotatable bonds is 4. The molecule has 0 radical (unpaired) electrons. The second-order valence-electron chi connectivity index (χ2n) is 3.23. The quantitative estimate of drug-likeness (QED) is 0.794. The molecule has 5 nitrogen and oxygen atoms in total. The highest BCUT2D eigenvalue weighted by molar-refractivity contribution is 7.86. The van der Waals surface area contributed by atoms with Crippen LogP contribution in [0.15, 0.2) is 29.2 Å². The van der Waals surface area contributed by atoms with Crippen molar-refractivity contribution in [1.29, 1.82) is 0 Å². The van der Waals surface area contributed by atoms with Gasteiger partial charge < -0.3 is 10.8 Å². The van der Waals surface area contributed by atoms with Gasteiger partial charge >= 0.3 is 16.2 Å². The number of nitrogens with two attached hydrogens (primary N) is 1. The first-order valence-electron chi connectivity index (χ1n) is 4.32. The highest BCUT2D eigenvalue weighted by Crippen LogP contribution is 2.13. The zero-order valence-corrected chi connectivity index (χ0v) is 10.2. The van der Waals surface area contributed by atoms with Gasteiger partial charge in [-0.1, -0.05) is 12.1 Å². The Morgan fingerprint density at radius 2 is 1.82 bits per heavy atom. The second kappa shape index (κ2) is 5.95.